The van der Waals surface area contributed by atoms with E-state index in [1.54, 1.807) is 0 Å². The van der Waals surface area contributed by atoms with Gasteiger partial charge in [-0.05, 0) is 24.0 Å². The van der Waals surface area contributed by atoms with Crippen LogP contribution in [0.1, 0.15) is 27.2 Å². The third kappa shape index (κ3) is 6.04. The molecule has 0 fully saturated rings. The van der Waals surface area contributed by atoms with Crippen LogP contribution in [-0.4, -0.2) is 26.2 Å². The average Bonchev–Trinajstić information content (AvgIpc) is 2.22. The molecule has 1 rings (SSSR count). The number of halogens is 3. The third-order valence-corrected chi connectivity index (χ3v) is 5.39. The third-order valence-electron chi connectivity index (χ3n) is 2.59. The molecule has 0 aromatic heterocycles. The summed E-state index contributed by atoms with van der Waals surface area (Å²) in [4.78, 5) is -0.183. The molecule has 21 heavy (non-hydrogen) atoms. The van der Waals surface area contributed by atoms with Crippen LogP contribution < -0.4 is 4.72 Å². The minimum atomic E-state index is -3.88. The van der Waals surface area contributed by atoms with Gasteiger partial charge in [0.05, 0.1) is 16.1 Å². The molecule has 2 N–H and O–H groups in total. The van der Waals surface area contributed by atoms with Crippen molar-refractivity contribution < 1.29 is 13.5 Å². The number of benzene rings is 1. The maximum Gasteiger partial charge on any atom is 0.243 e. The highest BCUT2D eigenvalue weighted by atomic mass is 79.9. The van der Waals surface area contributed by atoms with Crippen LogP contribution in [0.2, 0.25) is 10.0 Å². The van der Waals surface area contributed by atoms with E-state index in [2.05, 4.69) is 20.7 Å². The molecule has 0 aliphatic heterocycles. The number of nitrogens with one attached hydrogen (secondary N) is 1. The molecule has 1 atom stereocenters. The summed E-state index contributed by atoms with van der Waals surface area (Å²) >= 11 is 15.1. The summed E-state index contributed by atoms with van der Waals surface area (Å²) in [6, 6.07) is 2.90. The van der Waals surface area contributed by atoms with Crippen LogP contribution in [0.5, 0.6) is 0 Å². The Bertz CT molecular complexity index is 591. The predicted octanol–water partition coefficient (Wildman–Crippen LogP) is 3.83. The molecule has 120 valence electrons. The van der Waals surface area contributed by atoms with E-state index in [9.17, 15) is 13.5 Å². The minimum absolute atomic E-state index is 0.0205. The molecule has 8 heteroatoms. The van der Waals surface area contributed by atoms with Gasteiger partial charge >= 0.3 is 0 Å². The highest BCUT2D eigenvalue weighted by molar-refractivity contribution is 9.10. The van der Waals surface area contributed by atoms with E-state index in [1.165, 1.54) is 12.1 Å². The zero-order valence-corrected chi connectivity index (χ0v) is 15.9. The molecule has 0 aliphatic rings. The molecule has 1 aromatic rings. The lowest BCUT2D eigenvalue weighted by Gasteiger charge is -2.22. The molecular weight excluding hydrogens is 401 g/mol. The molecule has 0 spiro atoms. The van der Waals surface area contributed by atoms with Crippen LogP contribution in [0.25, 0.3) is 0 Å². The Morgan fingerprint density at radius 1 is 1.29 bits per heavy atom. The SMILES string of the molecule is CC(C)(C)CC(O)CNS(=O)(=O)c1c(Cl)cc(Br)cc1Cl. The van der Waals surface area contributed by atoms with Crippen molar-refractivity contribution in [2.24, 2.45) is 5.41 Å². The molecule has 1 unspecified atom stereocenters. The topological polar surface area (TPSA) is 66.4 Å². The van der Waals surface area contributed by atoms with E-state index in [0.29, 0.717) is 10.9 Å². The van der Waals surface area contributed by atoms with Crippen molar-refractivity contribution in [3.8, 4) is 0 Å². The van der Waals surface area contributed by atoms with Gasteiger partial charge in [0.2, 0.25) is 10.0 Å². The van der Waals surface area contributed by atoms with Crippen LogP contribution >= 0.6 is 39.1 Å². The monoisotopic (exact) mass is 417 g/mol. The zero-order chi connectivity index (χ0) is 16.4. The molecule has 0 radical (unpaired) electrons. The highest BCUT2D eigenvalue weighted by Gasteiger charge is 2.24. The summed E-state index contributed by atoms with van der Waals surface area (Å²) in [6.07, 6.45) is -0.315. The Hall–Kier alpha value is 0.150. The summed E-state index contributed by atoms with van der Waals surface area (Å²) < 4.78 is 27.4. The van der Waals surface area contributed by atoms with Crippen LogP contribution in [0.3, 0.4) is 0 Å². The Labute approximate surface area is 144 Å². The second-order valence-electron chi connectivity index (χ2n) is 5.97. The van der Waals surface area contributed by atoms with Gasteiger partial charge in [-0.2, -0.15) is 0 Å². The smallest absolute Gasteiger partial charge is 0.243 e. The fourth-order valence-electron chi connectivity index (χ4n) is 1.84. The normalized spacial score (nSPS) is 14.2. The van der Waals surface area contributed by atoms with Crippen LogP contribution in [0.15, 0.2) is 21.5 Å². The van der Waals surface area contributed by atoms with Gasteiger partial charge in [0.25, 0.3) is 0 Å². The van der Waals surface area contributed by atoms with Crippen molar-refractivity contribution in [1.82, 2.24) is 4.72 Å². The number of aliphatic hydroxyl groups is 1. The van der Waals surface area contributed by atoms with Crippen molar-refractivity contribution in [3.05, 3.63) is 26.7 Å². The van der Waals surface area contributed by atoms with E-state index < -0.39 is 16.1 Å². The van der Waals surface area contributed by atoms with Gasteiger partial charge in [0, 0.05) is 11.0 Å². The summed E-state index contributed by atoms with van der Waals surface area (Å²) in [5.41, 5.74) is -0.0994. The van der Waals surface area contributed by atoms with Gasteiger partial charge in [-0.25, -0.2) is 13.1 Å². The van der Waals surface area contributed by atoms with E-state index >= 15 is 0 Å². The van der Waals surface area contributed by atoms with Crippen molar-refractivity contribution in [2.45, 2.75) is 38.2 Å². The fraction of sp³-hybridized carbons (Fsp3) is 0.538. The zero-order valence-electron chi connectivity index (χ0n) is 12.0. The largest absolute Gasteiger partial charge is 0.392 e. The summed E-state index contributed by atoms with van der Waals surface area (Å²) in [7, 11) is -3.88. The van der Waals surface area contributed by atoms with Crippen molar-refractivity contribution in [2.75, 3.05) is 6.54 Å². The first-order valence-corrected chi connectivity index (χ1v) is 9.28. The second-order valence-corrected chi connectivity index (χ2v) is 9.40. The Morgan fingerprint density at radius 2 is 1.76 bits per heavy atom. The van der Waals surface area contributed by atoms with Crippen LogP contribution in [0, 0.1) is 5.41 Å². The van der Waals surface area contributed by atoms with Gasteiger partial charge in [-0.1, -0.05) is 59.9 Å². The Morgan fingerprint density at radius 3 is 2.19 bits per heavy atom. The molecule has 0 aliphatic carbocycles. The summed E-state index contributed by atoms with van der Waals surface area (Å²) in [6.45, 7) is 5.80. The first kappa shape index (κ1) is 19.2. The van der Waals surface area contributed by atoms with E-state index in [4.69, 9.17) is 23.2 Å². The summed E-state index contributed by atoms with van der Waals surface area (Å²) in [5, 5.41) is 9.92. The first-order valence-electron chi connectivity index (χ1n) is 6.25. The number of hydrogen-bond donors (Lipinski definition) is 2. The molecule has 0 bridgehead atoms. The van der Waals surface area contributed by atoms with Gasteiger partial charge in [-0.3, -0.25) is 0 Å². The van der Waals surface area contributed by atoms with E-state index in [0.717, 1.165) is 0 Å². The van der Waals surface area contributed by atoms with Crippen LogP contribution in [-0.2, 0) is 10.0 Å². The number of aliphatic hydroxyl groups excluding tert-OH is 1. The van der Waals surface area contributed by atoms with Gasteiger partial charge in [-0.15, -0.1) is 0 Å². The second kappa shape index (κ2) is 7.15. The van der Waals surface area contributed by atoms with Gasteiger partial charge in [0.1, 0.15) is 4.90 Å². The highest BCUT2D eigenvalue weighted by Crippen LogP contribution is 2.32. The lowest BCUT2D eigenvalue weighted by atomic mass is 9.89. The molecule has 0 saturated carbocycles. The number of hydrogen-bond acceptors (Lipinski definition) is 3. The Kier molecular flexibility index (Phi) is 6.54. The maximum atomic E-state index is 12.2. The molecule has 1 aromatic carbocycles. The first-order chi connectivity index (χ1) is 9.42. The molecule has 0 heterocycles. The average molecular weight is 419 g/mol. The maximum absolute atomic E-state index is 12.2. The summed E-state index contributed by atoms with van der Waals surface area (Å²) in [5.74, 6) is 0. The lowest BCUT2D eigenvalue weighted by molar-refractivity contribution is 0.125. The van der Waals surface area contributed by atoms with E-state index in [1.807, 2.05) is 20.8 Å². The number of rotatable bonds is 5. The van der Waals surface area contributed by atoms with Gasteiger partial charge < -0.3 is 5.11 Å². The Balaban J connectivity index is 2.89. The molecule has 0 amide bonds. The molecule has 0 saturated heterocycles. The van der Waals surface area contributed by atoms with Crippen LogP contribution in [0.4, 0.5) is 0 Å². The minimum Gasteiger partial charge on any atom is -0.392 e. The van der Waals surface area contributed by atoms with Crippen molar-refractivity contribution >= 4 is 49.2 Å². The quantitative estimate of drug-likeness (QED) is 0.763. The fourth-order valence-corrected chi connectivity index (χ4v) is 4.85. The molecular formula is C13H18BrCl2NO3S. The molecule has 4 nitrogen and oxygen atoms in total. The van der Waals surface area contributed by atoms with Crippen molar-refractivity contribution in [1.29, 1.82) is 0 Å². The number of sulfonamides is 1. The lowest BCUT2D eigenvalue weighted by Crippen LogP contribution is -2.34. The van der Waals surface area contributed by atoms with Gasteiger partial charge in [0.15, 0.2) is 0 Å². The predicted molar refractivity (Wildman–Crippen MR) is 89.4 cm³/mol. The van der Waals surface area contributed by atoms with E-state index in [-0.39, 0.29) is 26.9 Å². The van der Waals surface area contributed by atoms with Crippen molar-refractivity contribution in [3.63, 3.8) is 0 Å². The standard InChI is InChI=1S/C13H18BrCl2NO3S/c1-13(2,3)6-9(18)7-17-21(19,20)12-10(15)4-8(14)5-11(12)16/h4-5,9,17-18H,6-7H2,1-3H3.